The fraction of sp³-hybridized carbons (Fsp3) is 0.562. The van der Waals surface area contributed by atoms with Crippen LogP contribution < -0.4 is 15.4 Å². The summed E-state index contributed by atoms with van der Waals surface area (Å²) in [5.74, 6) is 0.597. The van der Waals surface area contributed by atoms with Crippen molar-refractivity contribution < 1.29 is 9.53 Å². The molecule has 1 aromatic carbocycles. The number of rotatable bonds is 7. The summed E-state index contributed by atoms with van der Waals surface area (Å²) < 4.78 is 5.54. The van der Waals surface area contributed by atoms with Crippen molar-refractivity contribution >= 4 is 17.5 Å². The van der Waals surface area contributed by atoms with E-state index in [9.17, 15) is 4.79 Å². The summed E-state index contributed by atoms with van der Waals surface area (Å²) in [6, 6.07) is 5.72. The molecule has 118 valence electrons. The first-order chi connectivity index (χ1) is 9.81. The van der Waals surface area contributed by atoms with E-state index in [-0.39, 0.29) is 11.4 Å². The van der Waals surface area contributed by atoms with Gasteiger partial charge in [-0.2, -0.15) is 0 Å². The zero-order valence-electron chi connectivity index (χ0n) is 13.3. The number of carbonyl (C=O) groups excluding carboxylic acids is 1. The minimum absolute atomic E-state index is 0.0142. The first-order valence-corrected chi connectivity index (χ1v) is 7.62. The predicted octanol–water partition coefficient (Wildman–Crippen LogP) is 3.13. The van der Waals surface area contributed by atoms with Crippen LogP contribution in [-0.2, 0) is 11.3 Å². The number of halogens is 1. The van der Waals surface area contributed by atoms with E-state index in [1.165, 1.54) is 0 Å². The molecular formula is C16H25ClN2O2. The summed E-state index contributed by atoms with van der Waals surface area (Å²) in [6.45, 7) is 9.96. The fourth-order valence-electron chi connectivity index (χ4n) is 1.68. The zero-order chi connectivity index (χ0) is 15.9. The number of amides is 1. The highest BCUT2D eigenvalue weighted by Crippen LogP contribution is 2.25. The number of hydrogen-bond acceptors (Lipinski definition) is 3. The van der Waals surface area contributed by atoms with E-state index in [0.717, 1.165) is 12.1 Å². The Bertz CT molecular complexity index is 470. The third-order valence-corrected chi connectivity index (χ3v) is 3.08. The number of benzene rings is 1. The molecule has 0 aliphatic heterocycles. The van der Waals surface area contributed by atoms with Crippen molar-refractivity contribution in [2.45, 2.75) is 46.2 Å². The predicted molar refractivity (Wildman–Crippen MR) is 86.8 cm³/mol. The van der Waals surface area contributed by atoms with Crippen molar-refractivity contribution in [2.24, 2.45) is 0 Å². The molecule has 0 aliphatic carbocycles. The molecule has 1 amide bonds. The van der Waals surface area contributed by atoms with Gasteiger partial charge >= 0.3 is 0 Å². The summed E-state index contributed by atoms with van der Waals surface area (Å²) in [6.07, 6.45) is 0.331. The van der Waals surface area contributed by atoms with Gasteiger partial charge in [0.15, 0.2) is 0 Å². The Morgan fingerprint density at radius 1 is 1.33 bits per heavy atom. The molecule has 5 heteroatoms. The van der Waals surface area contributed by atoms with Crippen molar-refractivity contribution in [3.05, 3.63) is 28.8 Å². The first kappa shape index (κ1) is 17.8. The van der Waals surface area contributed by atoms with Gasteiger partial charge in [-0.05, 0) is 45.4 Å². The third-order valence-electron chi connectivity index (χ3n) is 2.78. The quantitative estimate of drug-likeness (QED) is 0.813. The van der Waals surface area contributed by atoms with Crippen LogP contribution >= 0.6 is 11.6 Å². The van der Waals surface area contributed by atoms with Crippen LogP contribution in [0.15, 0.2) is 18.2 Å². The van der Waals surface area contributed by atoms with E-state index in [1.54, 1.807) is 0 Å². The fourth-order valence-corrected chi connectivity index (χ4v) is 1.94. The van der Waals surface area contributed by atoms with Gasteiger partial charge in [-0.25, -0.2) is 0 Å². The second-order valence-electron chi connectivity index (χ2n) is 5.92. The van der Waals surface area contributed by atoms with Gasteiger partial charge in [0, 0.05) is 18.6 Å². The smallest absolute Gasteiger partial charge is 0.223 e. The second kappa shape index (κ2) is 8.25. The molecule has 0 bridgehead atoms. The molecule has 0 radical (unpaired) electrons. The van der Waals surface area contributed by atoms with Crippen LogP contribution in [0.2, 0.25) is 5.02 Å². The first-order valence-electron chi connectivity index (χ1n) is 7.25. The van der Waals surface area contributed by atoms with Crippen molar-refractivity contribution in [1.29, 1.82) is 0 Å². The summed E-state index contributed by atoms with van der Waals surface area (Å²) in [5, 5.41) is 6.70. The second-order valence-corrected chi connectivity index (χ2v) is 6.33. The lowest BCUT2D eigenvalue weighted by Crippen LogP contribution is -2.35. The SMILES string of the molecule is CCNC(=O)CCOc1ccc(CNC(C)(C)C)cc1Cl. The van der Waals surface area contributed by atoms with Gasteiger partial charge in [0.05, 0.1) is 18.1 Å². The van der Waals surface area contributed by atoms with Gasteiger partial charge in [-0.1, -0.05) is 17.7 Å². The average molecular weight is 313 g/mol. The average Bonchev–Trinajstić information content (AvgIpc) is 2.38. The molecule has 2 N–H and O–H groups in total. The van der Waals surface area contributed by atoms with E-state index in [0.29, 0.717) is 30.3 Å². The Labute approximate surface area is 132 Å². The van der Waals surface area contributed by atoms with Crippen LogP contribution in [-0.4, -0.2) is 24.6 Å². The molecule has 0 aromatic heterocycles. The normalized spacial score (nSPS) is 11.3. The van der Waals surface area contributed by atoms with E-state index in [4.69, 9.17) is 16.3 Å². The van der Waals surface area contributed by atoms with Crippen LogP contribution in [0.4, 0.5) is 0 Å². The highest BCUT2D eigenvalue weighted by atomic mass is 35.5. The molecule has 0 spiro atoms. The Morgan fingerprint density at radius 2 is 2.05 bits per heavy atom. The highest BCUT2D eigenvalue weighted by Gasteiger charge is 2.10. The molecule has 0 aliphatic rings. The molecular weight excluding hydrogens is 288 g/mol. The van der Waals surface area contributed by atoms with Crippen molar-refractivity contribution in [3.8, 4) is 5.75 Å². The largest absolute Gasteiger partial charge is 0.491 e. The third kappa shape index (κ3) is 7.34. The minimum Gasteiger partial charge on any atom is -0.491 e. The van der Waals surface area contributed by atoms with Crippen LogP contribution in [0.5, 0.6) is 5.75 Å². The van der Waals surface area contributed by atoms with Gasteiger partial charge in [0.25, 0.3) is 0 Å². The summed E-state index contributed by atoms with van der Waals surface area (Å²) >= 11 is 6.20. The van der Waals surface area contributed by atoms with Crippen molar-refractivity contribution in [1.82, 2.24) is 10.6 Å². The lowest BCUT2D eigenvalue weighted by molar-refractivity contribution is -0.121. The molecule has 0 unspecified atom stereocenters. The van der Waals surface area contributed by atoms with Crippen LogP contribution in [0, 0.1) is 0 Å². The number of carbonyl (C=O) groups is 1. The van der Waals surface area contributed by atoms with E-state index in [2.05, 4.69) is 31.4 Å². The standard InChI is InChI=1S/C16H25ClN2O2/c1-5-18-15(20)8-9-21-14-7-6-12(10-13(14)17)11-19-16(2,3)4/h6-7,10,19H,5,8-9,11H2,1-4H3,(H,18,20). The lowest BCUT2D eigenvalue weighted by atomic mass is 10.1. The van der Waals surface area contributed by atoms with Gasteiger partial charge in [-0.3, -0.25) is 4.79 Å². The van der Waals surface area contributed by atoms with Gasteiger partial charge in [0.1, 0.15) is 5.75 Å². The zero-order valence-corrected chi connectivity index (χ0v) is 14.0. The summed E-state index contributed by atoms with van der Waals surface area (Å²) in [4.78, 5) is 11.3. The van der Waals surface area contributed by atoms with Crippen LogP contribution in [0.3, 0.4) is 0 Å². The number of ether oxygens (including phenoxy) is 1. The van der Waals surface area contributed by atoms with E-state index >= 15 is 0 Å². The molecule has 21 heavy (non-hydrogen) atoms. The lowest BCUT2D eigenvalue weighted by Gasteiger charge is -2.20. The monoisotopic (exact) mass is 312 g/mol. The Balaban J connectivity index is 2.48. The maximum absolute atomic E-state index is 11.3. The van der Waals surface area contributed by atoms with Crippen LogP contribution in [0.25, 0.3) is 0 Å². The molecule has 0 fully saturated rings. The molecule has 0 saturated heterocycles. The highest BCUT2D eigenvalue weighted by molar-refractivity contribution is 6.32. The Kier molecular flexibility index (Phi) is 6.99. The van der Waals surface area contributed by atoms with Gasteiger partial charge in [-0.15, -0.1) is 0 Å². The molecule has 0 saturated carbocycles. The minimum atomic E-state index is -0.0142. The number of nitrogens with one attached hydrogen (secondary N) is 2. The molecule has 4 nitrogen and oxygen atoms in total. The Hall–Kier alpha value is -1.26. The van der Waals surface area contributed by atoms with E-state index < -0.39 is 0 Å². The Morgan fingerprint density at radius 3 is 2.62 bits per heavy atom. The topological polar surface area (TPSA) is 50.4 Å². The van der Waals surface area contributed by atoms with E-state index in [1.807, 2.05) is 25.1 Å². The number of hydrogen-bond donors (Lipinski definition) is 2. The van der Waals surface area contributed by atoms with Crippen molar-refractivity contribution in [2.75, 3.05) is 13.2 Å². The van der Waals surface area contributed by atoms with Gasteiger partial charge in [0.2, 0.25) is 5.91 Å². The molecule has 1 rings (SSSR count). The van der Waals surface area contributed by atoms with Gasteiger partial charge < -0.3 is 15.4 Å². The molecule has 1 aromatic rings. The van der Waals surface area contributed by atoms with Crippen molar-refractivity contribution in [3.63, 3.8) is 0 Å². The summed E-state index contributed by atoms with van der Waals surface area (Å²) in [7, 11) is 0. The maximum Gasteiger partial charge on any atom is 0.223 e. The maximum atomic E-state index is 11.3. The van der Waals surface area contributed by atoms with Crippen LogP contribution in [0.1, 0.15) is 39.7 Å². The molecule has 0 atom stereocenters. The molecule has 0 heterocycles. The summed E-state index contributed by atoms with van der Waals surface area (Å²) in [5.41, 5.74) is 1.17.